The molecule has 2 saturated carbocycles. The van der Waals surface area contributed by atoms with Crippen LogP contribution in [0.1, 0.15) is 177 Å². The Bertz CT molecular complexity index is 1910. The summed E-state index contributed by atoms with van der Waals surface area (Å²) in [4.78, 5) is 25.0. The van der Waals surface area contributed by atoms with Gasteiger partial charge in [-0.3, -0.25) is 0 Å². The van der Waals surface area contributed by atoms with E-state index >= 15 is 0 Å². The molecule has 0 N–H and O–H groups in total. The largest absolute Gasteiger partial charge is 3.00 e. The molecule has 0 spiro atoms. The number of amidine groups is 2. The van der Waals surface area contributed by atoms with Gasteiger partial charge < -0.3 is 30.3 Å². The van der Waals surface area contributed by atoms with Crippen LogP contribution in [0, 0.1) is 40.4 Å². The van der Waals surface area contributed by atoms with Crippen LogP contribution in [0.2, 0.25) is 39.3 Å². The Labute approximate surface area is 438 Å². The monoisotopic (exact) mass is 1060 g/mol. The molecular weight excluding hydrogens is 975 g/mol. The van der Waals surface area contributed by atoms with Crippen molar-refractivity contribution in [3.05, 3.63) is 146 Å². The molecular formula is C57H85N6Si2Sm. The molecule has 0 saturated heterocycles. The summed E-state index contributed by atoms with van der Waals surface area (Å²) in [7, 11) is -3.30. The van der Waals surface area contributed by atoms with Crippen LogP contribution < -0.4 is 0 Å². The molecule has 0 amide bonds. The number of hydrogen-bond acceptors (Lipinski definition) is 3. The summed E-state index contributed by atoms with van der Waals surface area (Å²) in [6.07, 6.45) is 15.3. The predicted molar refractivity (Wildman–Crippen MR) is 294 cm³/mol. The minimum atomic E-state index is -1.65. The van der Waals surface area contributed by atoms with Crippen LogP contribution in [0.25, 0.3) is 15.3 Å². The van der Waals surface area contributed by atoms with Crippen molar-refractivity contribution >= 4 is 45.9 Å². The van der Waals surface area contributed by atoms with Crippen molar-refractivity contribution < 1.29 is 40.4 Å². The Morgan fingerprint density at radius 2 is 0.803 bits per heavy atom. The number of aliphatic imine (C=N–C) groups is 3. The van der Waals surface area contributed by atoms with E-state index in [1.165, 1.54) is 86.5 Å². The van der Waals surface area contributed by atoms with Gasteiger partial charge in [0.25, 0.3) is 0 Å². The van der Waals surface area contributed by atoms with Crippen LogP contribution in [0.4, 0.5) is 11.4 Å². The van der Waals surface area contributed by atoms with Crippen LogP contribution in [0.3, 0.4) is 0 Å². The minimum Gasteiger partial charge on any atom is -0.472 e. The van der Waals surface area contributed by atoms with E-state index in [0.717, 1.165) is 34.2 Å². The van der Waals surface area contributed by atoms with Crippen molar-refractivity contribution in [1.82, 2.24) is 0 Å². The standard InChI is InChI=1S/2C22H31N2Si.C13H23N2.Sm/c2*1-16(2)19-14-11-15-20(17(3)4)21(19)23-22(24-25(5,6)7)18-12-9-8-10-13-18;1-3-7-12(8-4-1)14-11-15-13-9-5-2-6-10-13;/h2*8-17H,1-7H3;11-13H,1-10H2;/q3*-1;+3. The zero-order valence-corrected chi connectivity index (χ0v) is 48.1. The number of para-hydroxylation sites is 2. The first-order valence-electron chi connectivity index (χ1n) is 25.0. The molecule has 0 heterocycles. The first-order chi connectivity index (χ1) is 30.8. The summed E-state index contributed by atoms with van der Waals surface area (Å²) in [6, 6.07) is 35.0. The number of hydrogen-bond donors (Lipinski definition) is 0. The molecule has 0 bridgehead atoms. The average molecular weight is 1060 g/mol. The van der Waals surface area contributed by atoms with Crippen LogP contribution in [-0.4, -0.2) is 46.6 Å². The fraction of sp³-hybridized carbons (Fsp3) is 0.526. The molecule has 2 aliphatic rings. The Morgan fingerprint density at radius 1 is 0.470 bits per heavy atom. The number of nitrogens with zero attached hydrogens (tertiary/aromatic N) is 6. The molecule has 4 aromatic carbocycles. The van der Waals surface area contributed by atoms with Gasteiger partial charge in [-0.2, -0.15) is 0 Å². The quantitative estimate of drug-likeness (QED) is 0.0726. The van der Waals surface area contributed by atoms with Crippen molar-refractivity contribution in [2.75, 3.05) is 0 Å². The second kappa shape index (κ2) is 28.5. The third-order valence-corrected chi connectivity index (χ3v) is 13.5. The van der Waals surface area contributed by atoms with Crippen LogP contribution in [0.15, 0.2) is 112 Å². The van der Waals surface area contributed by atoms with Crippen LogP contribution in [-0.2, 0) is 0 Å². The van der Waals surface area contributed by atoms with Gasteiger partial charge in [0.2, 0.25) is 0 Å². The van der Waals surface area contributed by atoms with E-state index in [1.807, 2.05) is 18.5 Å². The maximum absolute atomic E-state index is 5.14. The summed E-state index contributed by atoms with van der Waals surface area (Å²) in [6.45, 7) is 31.4. The second-order valence-corrected chi connectivity index (χ2v) is 30.5. The molecule has 9 heteroatoms. The van der Waals surface area contributed by atoms with Gasteiger partial charge >= 0.3 is 40.4 Å². The van der Waals surface area contributed by atoms with Crippen molar-refractivity contribution in [2.45, 2.75) is 195 Å². The van der Waals surface area contributed by atoms with Crippen molar-refractivity contribution in [3.63, 3.8) is 0 Å². The van der Waals surface area contributed by atoms with E-state index < -0.39 is 16.5 Å². The Kier molecular flexibility index (Phi) is 24.8. The van der Waals surface area contributed by atoms with Gasteiger partial charge in [0.05, 0.1) is 0 Å². The van der Waals surface area contributed by atoms with Crippen LogP contribution in [0.5, 0.6) is 0 Å². The Morgan fingerprint density at radius 3 is 1.12 bits per heavy atom. The molecule has 6 nitrogen and oxygen atoms in total. The third-order valence-electron chi connectivity index (χ3n) is 11.8. The predicted octanol–water partition coefficient (Wildman–Crippen LogP) is 18.5. The van der Waals surface area contributed by atoms with Gasteiger partial charge in [0, 0.05) is 16.5 Å². The van der Waals surface area contributed by atoms with E-state index in [0.29, 0.717) is 35.8 Å². The SMILES string of the molecule is C(=NC1CCCCC1)[N-]C1CCCCC1.CC(C)c1cccc(C(C)C)c1N=C([N-][Si](C)(C)C)c1ccccc1.CC(C)c1cccc(C(C)C)c1N=C([N-][Si](C)(C)C)c1ccccc1.[Sm+3]. The van der Waals surface area contributed by atoms with Gasteiger partial charge in [0.15, 0.2) is 0 Å². The van der Waals surface area contributed by atoms with Gasteiger partial charge in [-0.15, -0.1) is 6.34 Å². The smallest absolute Gasteiger partial charge is 0.472 e. The summed E-state index contributed by atoms with van der Waals surface area (Å²) >= 11 is 0. The minimum absolute atomic E-state index is 0. The average Bonchev–Trinajstić information content (AvgIpc) is 3.26. The molecule has 2 aliphatic carbocycles. The number of rotatable bonds is 13. The molecule has 0 unspecified atom stereocenters. The first kappa shape index (κ1) is 57.4. The summed E-state index contributed by atoms with van der Waals surface area (Å²) < 4.78 is 0. The van der Waals surface area contributed by atoms with E-state index in [2.05, 4.69) is 190 Å². The van der Waals surface area contributed by atoms with Crippen molar-refractivity contribution in [3.8, 4) is 0 Å². The maximum Gasteiger partial charge on any atom is 3.00 e. The molecule has 357 valence electrons. The summed E-state index contributed by atoms with van der Waals surface area (Å²) in [5.41, 5.74) is 9.59. The molecule has 6 rings (SSSR count). The zero-order chi connectivity index (χ0) is 47.6. The molecule has 2 fully saturated rings. The van der Waals surface area contributed by atoms with Gasteiger partial charge in [0.1, 0.15) is 0 Å². The topological polar surface area (TPSA) is 79.4 Å². The van der Waals surface area contributed by atoms with Gasteiger partial charge in [-0.1, -0.05) is 268 Å². The normalized spacial score (nSPS) is 15.5. The van der Waals surface area contributed by atoms with E-state index in [9.17, 15) is 0 Å². The maximum atomic E-state index is 5.14. The molecule has 1 radical (unpaired) electrons. The summed E-state index contributed by atoms with van der Waals surface area (Å²) in [5, 5.41) is 4.59. The summed E-state index contributed by atoms with van der Waals surface area (Å²) in [5.74, 6) is 3.47. The van der Waals surface area contributed by atoms with E-state index in [-0.39, 0.29) is 40.4 Å². The van der Waals surface area contributed by atoms with Crippen molar-refractivity contribution in [1.29, 1.82) is 0 Å². The number of benzene rings is 4. The second-order valence-electron chi connectivity index (χ2n) is 21.4. The van der Waals surface area contributed by atoms with Gasteiger partial charge in [-0.25, -0.2) is 0 Å². The Balaban J connectivity index is 0.000000269. The van der Waals surface area contributed by atoms with Crippen molar-refractivity contribution in [2.24, 2.45) is 15.0 Å². The molecule has 4 aromatic rings. The van der Waals surface area contributed by atoms with Gasteiger partial charge in [-0.05, 0) is 80.5 Å². The molecule has 0 aliphatic heterocycles. The fourth-order valence-electron chi connectivity index (χ4n) is 8.30. The molecule has 66 heavy (non-hydrogen) atoms. The zero-order valence-electron chi connectivity index (χ0n) is 43.4. The van der Waals surface area contributed by atoms with Crippen LogP contribution >= 0.6 is 0 Å². The fourth-order valence-corrected chi connectivity index (χ4v) is 9.93. The third kappa shape index (κ3) is 20.0. The van der Waals surface area contributed by atoms with E-state index in [4.69, 9.17) is 19.9 Å². The Hall–Kier alpha value is -2.94. The first-order valence-corrected chi connectivity index (χ1v) is 31.9. The molecule has 0 aromatic heterocycles. The van der Waals surface area contributed by atoms with E-state index in [1.54, 1.807) is 0 Å². The molecule has 0 atom stereocenters.